The van der Waals surface area contributed by atoms with Crippen molar-refractivity contribution < 1.29 is 0 Å². The van der Waals surface area contributed by atoms with Crippen molar-refractivity contribution in [3.63, 3.8) is 0 Å². The third-order valence-corrected chi connectivity index (χ3v) is 2.61. The normalized spacial score (nSPS) is 17.5. The molecule has 0 N–H and O–H groups in total. The van der Waals surface area contributed by atoms with Gasteiger partial charge >= 0.3 is 0 Å². The minimum Gasteiger partial charge on any atom is -0.366 e. The number of nitrogens with zero attached hydrogens (tertiary/aromatic N) is 5. The molecule has 0 spiro atoms. The highest BCUT2D eigenvalue weighted by Crippen LogP contribution is 2.12. The Labute approximate surface area is 89.0 Å². The van der Waals surface area contributed by atoms with Crippen LogP contribution in [0.2, 0.25) is 0 Å². The van der Waals surface area contributed by atoms with Crippen LogP contribution in [0.15, 0.2) is 12.4 Å². The zero-order chi connectivity index (χ0) is 10.7. The molecule has 5 nitrogen and oxygen atoms in total. The van der Waals surface area contributed by atoms with E-state index in [9.17, 15) is 0 Å². The van der Waals surface area contributed by atoms with Crippen molar-refractivity contribution in [2.45, 2.75) is 0 Å². The summed E-state index contributed by atoms with van der Waals surface area (Å²) >= 11 is 0. The lowest BCUT2D eigenvalue weighted by Gasteiger charge is -2.33. The Kier molecular flexibility index (Phi) is 2.79. The summed E-state index contributed by atoms with van der Waals surface area (Å²) in [6.45, 7) is 4.09. The van der Waals surface area contributed by atoms with Gasteiger partial charge in [-0.25, -0.2) is 9.97 Å². The summed E-state index contributed by atoms with van der Waals surface area (Å²) in [7, 11) is 2.12. The number of piperazine rings is 1. The van der Waals surface area contributed by atoms with Crippen LogP contribution >= 0.6 is 0 Å². The number of rotatable bonds is 1. The Hall–Kier alpha value is -1.67. The SMILES string of the molecule is CN1CCN(c2cnc(C#N)nc2)CC1. The molecule has 0 atom stereocenters. The summed E-state index contributed by atoms with van der Waals surface area (Å²) in [5, 5.41) is 8.58. The first-order valence-electron chi connectivity index (χ1n) is 4.95. The lowest BCUT2D eigenvalue weighted by atomic mass is 10.3. The van der Waals surface area contributed by atoms with Gasteiger partial charge in [-0.15, -0.1) is 0 Å². The summed E-state index contributed by atoms with van der Waals surface area (Å²) < 4.78 is 0. The van der Waals surface area contributed by atoms with Gasteiger partial charge in [0.05, 0.1) is 18.1 Å². The van der Waals surface area contributed by atoms with E-state index in [1.165, 1.54) is 0 Å². The van der Waals surface area contributed by atoms with Crippen LogP contribution in [0.25, 0.3) is 0 Å². The average molecular weight is 203 g/mol. The summed E-state index contributed by atoms with van der Waals surface area (Å²) in [5.41, 5.74) is 1.00. The molecule has 0 amide bonds. The third-order valence-electron chi connectivity index (χ3n) is 2.61. The van der Waals surface area contributed by atoms with Crippen LogP contribution in [-0.4, -0.2) is 48.1 Å². The Balaban J connectivity index is 2.07. The molecule has 1 fully saturated rings. The van der Waals surface area contributed by atoms with Crippen molar-refractivity contribution >= 4 is 5.69 Å². The first kappa shape index (κ1) is 9.87. The number of anilines is 1. The summed E-state index contributed by atoms with van der Waals surface area (Å²) in [6, 6.07) is 1.92. The van der Waals surface area contributed by atoms with Gasteiger partial charge in [-0.05, 0) is 7.05 Å². The highest BCUT2D eigenvalue weighted by Gasteiger charge is 2.14. The topological polar surface area (TPSA) is 56.0 Å². The van der Waals surface area contributed by atoms with Crippen LogP contribution in [0.4, 0.5) is 5.69 Å². The molecule has 1 aromatic rings. The zero-order valence-corrected chi connectivity index (χ0v) is 8.72. The maximum Gasteiger partial charge on any atom is 0.232 e. The first-order chi connectivity index (χ1) is 7.29. The van der Waals surface area contributed by atoms with Gasteiger partial charge in [-0.3, -0.25) is 0 Å². The van der Waals surface area contributed by atoms with E-state index in [4.69, 9.17) is 5.26 Å². The third kappa shape index (κ3) is 2.22. The molecule has 2 rings (SSSR count). The maximum absolute atomic E-state index is 8.58. The molecular formula is C10H13N5. The Morgan fingerprint density at radius 2 is 1.80 bits per heavy atom. The molecule has 0 aliphatic carbocycles. The van der Waals surface area contributed by atoms with Crippen LogP contribution in [-0.2, 0) is 0 Å². The fraction of sp³-hybridized carbons (Fsp3) is 0.500. The molecule has 0 bridgehead atoms. The second-order valence-corrected chi connectivity index (χ2v) is 3.67. The van der Waals surface area contributed by atoms with Crippen LogP contribution in [0.3, 0.4) is 0 Å². The Morgan fingerprint density at radius 3 is 2.33 bits per heavy atom. The molecule has 1 aromatic heterocycles. The molecule has 15 heavy (non-hydrogen) atoms. The summed E-state index contributed by atoms with van der Waals surface area (Å²) in [5.74, 6) is 0.230. The lowest BCUT2D eigenvalue weighted by molar-refractivity contribution is 0.312. The van der Waals surface area contributed by atoms with E-state index in [0.29, 0.717) is 0 Å². The van der Waals surface area contributed by atoms with Gasteiger partial charge in [0.1, 0.15) is 6.07 Å². The summed E-state index contributed by atoms with van der Waals surface area (Å²) in [4.78, 5) is 12.5. The van der Waals surface area contributed by atoms with Crippen molar-refractivity contribution in [1.82, 2.24) is 14.9 Å². The quantitative estimate of drug-likeness (QED) is 0.648. The molecule has 5 heteroatoms. The summed E-state index contributed by atoms with van der Waals surface area (Å²) in [6.07, 6.45) is 3.44. The molecule has 1 aliphatic rings. The number of aromatic nitrogens is 2. The fourth-order valence-corrected chi connectivity index (χ4v) is 1.61. The van der Waals surface area contributed by atoms with Crippen molar-refractivity contribution in [2.75, 3.05) is 38.1 Å². The van der Waals surface area contributed by atoms with Crippen LogP contribution in [0.1, 0.15) is 5.82 Å². The predicted molar refractivity (Wildman–Crippen MR) is 56.5 cm³/mol. The number of nitriles is 1. The van der Waals surface area contributed by atoms with Gasteiger partial charge in [0.25, 0.3) is 0 Å². The fourth-order valence-electron chi connectivity index (χ4n) is 1.61. The molecule has 0 unspecified atom stereocenters. The maximum atomic E-state index is 8.58. The largest absolute Gasteiger partial charge is 0.366 e. The van der Waals surface area contributed by atoms with Gasteiger partial charge in [-0.1, -0.05) is 0 Å². The van der Waals surface area contributed by atoms with Crippen molar-refractivity contribution in [1.29, 1.82) is 5.26 Å². The molecule has 2 heterocycles. The lowest BCUT2D eigenvalue weighted by Crippen LogP contribution is -2.44. The second kappa shape index (κ2) is 4.24. The molecule has 0 radical (unpaired) electrons. The average Bonchev–Trinajstić information content (AvgIpc) is 2.30. The zero-order valence-electron chi connectivity index (χ0n) is 8.72. The predicted octanol–water partition coefficient (Wildman–Crippen LogP) is 0.100. The van der Waals surface area contributed by atoms with Gasteiger partial charge in [-0.2, -0.15) is 5.26 Å². The number of hydrogen-bond acceptors (Lipinski definition) is 5. The van der Waals surface area contributed by atoms with Gasteiger partial charge < -0.3 is 9.80 Å². The monoisotopic (exact) mass is 203 g/mol. The Bertz CT molecular complexity index is 358. The molecule has 78 valence electrons. The van der Waals surface area contributed by atoms with E-state index < -0.39 is 0 Å². The molecule has 1 aliphatic heterocycles. The second-order valence-electron chi connectivity index (χ2n) is 3.67. The van der Waals surface area contributed by atoms with E-state index in [-0.39, 0.29) is 5.82 Å². The highest BCUT2D eigenvalue weighted by molar-refractivity contribution is 5.43. The smallest absolute Gasteiger partial charge is 0.232 e. The van der Waals surface area contributed by atoms with Crippen molar-refractivity contribution in [3.8, 4) is 6.07 Å². The van der Waals surface area contributed by atoms with Crippen molar-refractivity contribution in [3.05, 3.63) is 18.2 Å². The molecule has 0 aromatic carbocycles. The standard InChI is InChI=1S/C10H13N5/c1-14-2-4-15(5-3-14)9-7-12-10(6-11)13-8-9/h7-8H,2-5H2,1H3. The van der Waals surface area contributed by atoms with Gasteiger partial charge in [0.15, 0.2) is 0 Å². The highest BCUT2D eigenvalue weighted by atomic mass is 15.3. The van der Waals surface area contributed by atoms with Gasteiger partial charge in [0, 0.05) is 26.2 Å². The molecule has 1 saturated heterocycles. The number of likely N-dealkylation sites (N-methyl/N-ethyl adjacent to an activating group) is 1. The minimum absolute atomic E-state index is 0.230. The van der Waals surface area contributed by atoms with Crippen LogP contribution < -0.4 is 4.90 Å². The first-order valence-corrected chi connectivity index (χ1v) is 4.95. The van der Waals surface area contributed by atoms with E-state index in [0.717, 1.165) is 31.9 Å². The van der Waals surface area contributed by atoms with E-state index in [1.807, 2.05) is 6.07 Å². The minimum atomic E-state index is 0.230. The van der Waals surface area contributed by atoms with E-state index in [1.54, 1.807) is 12.4 Å². The van der Waals surface area contributed by atoms with E-state index in [2.05, 4.69) is 26.8 Å². The molecule has 0 saturated carbocycles. The van der Waals surface area contributed by atoms with Crippen LogP contribution in [0.5, 0.6) is 0 Å². The van der Waals surface area contributed by atoms with Crippen molar-refractivity contribution in [2.24, 2.45) is 0 Å². The van der Waals surface area contributed by atoms with Crippen LogP contribution in [0, 0.1) is 11.3 Å². The Morgan fingerprint density at radius 1 is 1.20 bits per heavy atom. The van der Waals surface area contributed by atoms with Gasteiger partial charge in [0.2, 0.25) is 5.82 Å². The van der Waals surface area contributed by atoms with E-state index >= 15 is 0 Å². The molecular weight excluding hydrogens is 190 g/mol. The number of hydrogen-bond donors (Lipinski definition) is 0.